The molecule has 0 saturated heterocycles. The van der Waals surface area contributed by atoms with Gasteiger partial charge >= 0.3 is 0 Å². The quantitative estimate of drug-likeness (QED) is 0.863. The third kappa shape index (κ3) is 3.45. The molecule has 2 rings (SSSR count). The number of carbonyl (C=O) groups is 2. The van der Waals surface area contributed by atoms with E-state index in [4.69, 9.17) is 4.42 Å². The second-order valence-electron chi connectivity index (χ2n) is 3.99. The van der Waals surface area contributed by atoms with Crippen molar-refractivity contribution in [2.45, 2.75) is 12.5 Å². The van der Waals surface area contributed by atoms with Crippen molar-refractivity contribution >= 4 is 11.9 Å². The molecule has 5 heteroatoms. The van der Waals surface area contributed by atoms with Gasteiger partial charge in [-0.2, -0.15) is 0 Å². The first-order valence-electron chi connectivity index (χ1n) is 5.76. The summed E-state index contributed by atoms with van der Waals surface area (Å²) in [5.41, 5.74) is 0.701. The Kier molecular flexibility index (Phi) is 3.97. The SMILES string of the molecule is O=C([O-])C[C@@H](NC(=O)c1ccco1)c1ccccc1. The maximum Gasteiger partial charge on any atom is 0.287 e. The van der Waals surface area contributed by atoms with Crippen molar-refractivity contribution in [2.75, 3.05) is 0 Å². The summed E-state index contributed by atoms with van der Waals surface area (Å²) in [7, 11) is 0. The number of furan rings is 1. The minimum Gasteiger partial charge on any atom is -0.550 e. The highest BCUT2D eigenvalue weighted by Gasteiger charge is 2.17. The topological polar surface area (TPSA) is 82.4 Å². The summed E-state index contributed by atoms with van der Waals surface area (Å²) in [6.45, 7) is 0. The summed E-state index contributed by atoms with van der Waals surface area (Å²) in [4.78, 5) is 22.6. The number of benzene rings is 1. The maximum atomic E-state index is 11.9. The highest BCUT2D eigenvalue weighted by atomic mass is 16.4. The van der Waals surface area contributed by atoms with Crippen molar-refractivity contribution in [3.05, 3.63) is 60.1 Å². The molecule has 2 aromatic rings. The van der Waals surface area contributed by atoms with Crippen molar-refractivity contribution in [2.24, 2.45) is 0 Å². The van der Waals surface area contributed by atoms with Crippen LogP contribution in [0, 0.1) is 0 Å². The standard InChI is InChI=1S/C14H13NO4/c16-13(17)9-11(10-5-2-1-3-6-10)15-14(18)12-7-4-8-19-12/h1-8,11H,9H2,(H,15,18)(H,16,17)/p-1/t11-/m1/s1. The van der Waals surface area contributed by atoms with Crippen LogP contribution in [0.1, 0.15) is 28.6 Å². The fourth-order valence-corrected chi connectivity index (χ4v) is 1.74. The Morgan fingerprint density at radius 1 is 1.16 bits per heavy atom. The molecule has 0 aliphatic rings. The zero-order valence-corrected chi connectivity index (χ0v) is 10.0. The van der Waals surface area contributed by atoms with Crippen LogP contribution in [0.15, 0.2) is 53.1 Å². The van der Waals surface area contributed by atoms with Crippen LogP contribution in [0.2, 0.25) is 0 Å². The van der Waals surface area contributed by atoms with Crippen LogP contribution in [-0.4, -0.2) is 11.9 Å². The fraction of sp³-hybridized carbons (Fsp3) is 0.143. The smallest absolute Gasteiger partial charge is 0.287 e. The van der Waals surface area contributed by atoms with Crippen LogP contribution in [0.4, 0.5) is 0 Å². The number of carboxylic acid groups (broad SMARTS) is 1. The van der Waals surface area contributed by atoms with Crippen molar-refractivity contribution in [1.82, 2.24) is 5.32 Å². The second-order valence-corrected chi connectivity index (χ2v) is 3.99. The van der Waals surface area contributed by atoms with E-state index in [-0.39, 0.29) is 12.2 Å². The summed E-state index contributed by atoms with van der Waals surface area (Å²) >= 11 is 0. The Hall–Kier alpha value is -2.56. The van der Waals surface area contributed by atoms with Gasteiger partial charge in [0.15, 0.2) is 5.76 Å². The summed E-state index contributed by atoms with van der Waals surface area (Å²) in [6, 6.07) is 11.3. The maximum absolute atomic E-state index is 11.9. The zero-order valence-electron chi connectivity index (χ0n) is 10.0. The van der Waals surface area contributed by atoms with Gasteiger partial charge in [0.25, 0.3) is 5.91 Å². The lowest BCUT2D eigenvalue weighted by Crippen LogP contribution is -2.34. The molecule has 0 unspecified atom stereocenters. The molecule has 1 atom stereocenters. The number of aliphatic carboxylic acids is 1. The van der Waals surface area contributed by atoms with Crippen LogP contribution in [0.5, 0.6) is 0 Å². The molecule has 1 aromatic heterocycles. The molecule has 0 aliphatic heterocycles. The lowest BCUT2D eigenvalue weighted by Gasteiger charge is -2.19. The molecule has 0 radical (unpaired) electrons. The van der Waals surface area contributed by atoms with Gasteiger partial charge in [-0.05, 0) is 17.7 Å². The first kappa shape index (κ1) is 12.9. The molecule has 1 amide bonds. The number of rotatable bonds is 5. The average Bonchev–Trinajstić information content (AvgIpc) is 2.92. The molecule has 19 heavy (non-hydrogen) atoms. The number of hydrogen-bond acceptors (Lipinski definition) is 4. The molecule has 0 fully saturated rings. The predicted molar refractivity (Wildman–Crippen MR) is 65.0 cm³/mol. The predicted octanol–water partition coefficient (Wildman–Crippen LogP) is 0.891. The molecule has 0 spiro atoms. The minimum absolute atomic E-state index is 0.138. The summed E-state index contributed by atoms with van der Waals surface area (Å²) in [5, 5.41) is 13.4. The third-order valence-corrected chi connectivity index (χ3v) is 2.62. The van der Waals surface area contributed by atoms with E-state index in [1.165, 1.54) is 12.3 Å². The van der Waals surface area contributed by atoms with Crippen molar-refractivity contribution in [3.8, 4) is 0 Å². The van der Waals surface area contributed by atoms with Crippen LogP contribution in [0.25, 0.3) is 0 Å². The van der Waals surface area contributed by atoms with E-state index in [9.17, 15) is 14.7 Å². The molecule has 1 aromatic carbocycles. The molecule has 0 aliphatic carbocycles. The zero-order chi connectivity index (χ0) is 13.7. The number of carbonyl (C=O) groups excluding carboxylic acids is 2. The number of nitrogens with one attached hydrogen (secondary N) is 1. The normalized spacial score (nSPS) is 11.8. The van der Waals surface area contributed by atoms with E-state index in [2.05, 4.69) is 5.32 Å². The first-order valence-corrected chi connectivity index (χ1v) is 5.76. The number of hydrogen-bond donors (Lipinski definition) is 1. The molecule has 98 valence electrons. The summed E-state index contributed by atoms with van der Waals surface area (Å²) in [6.07, 6.45) is 1.08. The second kappa shape index (κ2) is 5.86. The van der Waals surface area contributed by atoms with Gasteiger partial charge in [-0.25, -0.2) is 0 Å². The van der Waals surface area contributed by atoms with Gasteiger partial charge in [0, 0.05) is 12.4 Å². The lowest BCUT2D eigenvalue weighted by atomic mass is 10.0. The van der Waals surface area contributed by atoms with E-state index < -0.39 is 17.9 Å². The van der Waals surface area contributed by atoms with E-state index in [0.29, 0.717) is 5.56 Å². The Morgan fingerprint density at radius 2 is 1.89 bits per heavy atom. The molecule has 0 saturated carbocycles. The highest BCUT2D eigenvalue weighted by Crippen LogP contribution is 2.17. The molecule has 1 heterocycles. The minimum atomic E-state index is -1.23. The Morgan fingerprint density at radius 3 is 2.47 bits per heavy atom. The largest absolute Gasteiger partial charge is 0.550 e. The van der Waals surface area contributed by atoms with Crippen LogP contribution in [0.3, 0.4) is 0 Å². The summed E-state index contributed by atoms with van der Waals surface area (Å²) in [5.74, 6) is -1.55. The Balaban J connectivity index is 2.15. The highest BCUT2D eigenvalue weighted by molar-refractivity contribution is 5.91. The molecule has 0 bridgehead atoms. The van der Waals surface area contributed by atoms with Gasteiger partial charge in [-0.3, -0.25) is 4.79 Å². The Labute approximate surface area is 109 Å². The first-order chi connectivity index (χ1) is 9.16. The molecular formula is C14H12NO4-. The van der Waals surface area contributed by atoms with Crippen LogP contribution < -0.4 is 10.4 Å². The monoisotopic (exact) mass is 258 g/mol. The van der Waals surface area contributed by atoms with Gasteiger partial charge in [-0.1, -0.05) is 30.3 Å². The van der Waals surface area contributed by atoms with Gasteiger partial charge in [0.1, 0.15) is 0 Å². The van der Waals surface area contributed by atoms with E-state index >= 15 is 0 Å². The average molecular weight is 258 g/mol. The van der Waals surface area contributed by atoms with Crippen molar-refractivity contribution in [3.63, 3.8) is 0 Å². The summed E-state index contributed by atoms with van der Waals surface area (Å²) < 4.78 is 4.96. The van der Waals surface area contributed by atoms with E-state index in [1.807, 2.05) is 6.07 Å². The number of amides is 1. The fourth-order valence-electron chi connectivity index (χ4n) is 1.74. The van der Waals surface area contributed by atoms with Crippen molar-refractivity contribution in [1.29, 1.82) is 0 Å². The van der Waals surface area contributed by atoms with Gasteiger partial charge in [0.2, 0.25) is 0 Å². The molecule has 5 nitrogen and oxygen atoms in total. The Bertz CT molecular complexity index is 548. The van der Waals surface area contributed by atoms with E-state index in [1.54, 1.807) is 30.3 Å². The van der Waals surface area contributed by atoms with Crippen molar-refractivity contribution < 1.29 is 19.1 Å². The van der Waals surface area contributed by atoms with Crippen LogP contribution >= 0.6 is 0 Å². The lowest BCUT2D eigenvalue weighted by molar-refractivity contribution is -0.306. The van der Waals surface area contributed by atoms with Gasteiger partial charge < -0.3 is 19.6 Å². The molecular weight excluding hydrogens is 246 g/mol. The van der Waals surface area contributed by atoms with Crippen LogP contribution in [-0.2, 0) is 4.79 Å². The third-order valence-electron chi connectivity index (χ3n) is 2.62. The van der Waals surface area contributed by atoms with Gasteiger partial charge in [0.05, 0.1) is 12.3 Å². The van der Waals surface area contributed by atoms with E-state index in [0.717, 1.165) is 0 Å². The number of carboxylic acids is 1. The van der Waals surface area contributed by atoms with Gasteiger partial charge in [-0.15, -0.1) is 0 Å². The molecule has 1 N–H and O–H groups in total.